The van der Waals surface area contributed by atoms with Gasteiger partial charge in [-0.2, -0.15) is 5.10 Å². The number of carbonyl (C=O) groups excluding carboxylic acids is 1. The summed E-state index contributed by atoms with van der Waals surface area (Å²) in [4.78, 5) is 19.0. The van der Waals surface area contributed by atoms with Gasteiger partial charge in [-0.25, -0.2) is 18.4 Å². The van der Waals surface area contributed by atoms with Gasteiger partial charge >= 0.3 is 0 Å². The van der Waals surface area contributed by atoms with Crippen LogP contribution in [0.2, 0.25) is 0 Å². The van der Waals surface area contributed by atoms with Gasteiger partial charge in [0.05, 0.1) is 17.9 Å². The normalized spacial score (nSPS) is 19.9. The number of halogens is 3. The summed E-state index contributed by atoms with van der Waals surface area (Å²) in [6, 6.07) is 10.5. The summed E-state index contributed by atoms with van der Waals surface area (Å²) in [6.45, 7) is 0.390. The molecule has 3 aromatic rings. The molecule has 2 aromatic heterocycles. The van der Waals surface area contributed by atoms with E-state index in [1.54, 1.807) is 41.2 Å². The zero-order chi connectivity index (χ0) is 23.7. The maximum absolute atomic E-state index is 14.0. The highest BCUT2D eigenvalue weighted by Crippen LogP contribution is 2.39. The maximum Gasteiger partial charge on any atom is 0.266 e. The lowest BCUT2D eigenvalue weighted by Gasteiger charge is -2.23. The number of carbonyl (C=O) groups is 1. The fourth-order valence-electron chi connectivity index (χ4n) is 4.31. The molecule has 2 aliphatic rings. The van der Waals surface area contributed by atoms with Crippen molar-refractivity contribution in [3.05, 3.63) is 58.8 Å². The van der Waals surface area contributed by atoms with Crippen LogP contribution in [0, 0.1) is 0 Å². The van der Waals surface area contributed by atoms with Crippen molar-refractivity contribution < 1.29 is 18.3 Å². The summed E-state index contributed by atoms with van der Waals surface area (Å²) < 4.78 is 36.5. The van der Waals surface area contributed by atoms with Crippen LogP contribution in [0.5, 0.6) is 0 Å². The summed E-state index contributed by atoms with van der Waals surface area (Å²) in [7, 11) is 0. The second kappa shape index (κ2) is 9.42. The molecule has 0 bridgehead atoms. The van der Waals surface area contributed by atoms with Crippen molar-refractivity contribution in [3.63, 3.8) is 0 Å². The molecular formula is C24H24BrF2N5O2. The lowest BCUT2D eigenvalue weighted by Crippen LogP contribution is -2.27. The summed E-state index contributed by atoms with van der Waals surface area (Å²) in [6.07, 6.45) is 5.98. The first-order valence-electron chi connectivity index (χ1n) is 11.3. The summed E-state index contributed by atoms with van der Waals surface area (Å²) in [5.74, 6) is -2.85. The molecule has 0 radical (unpaired) electrons. The number of hydrogen-bond acceptors (Lipinski definition) is 5. The van der Waals surface area contributed by atoms with Gasteiger partial charge in [-0.1, -0.05) is 15.9 Å². The van der Waals surface area contributed by atoms with Crippen molar-refractivity contribution in [1.29, 1.82) is 0 Å². The van der Waals surface area contributed by atoms with Crippen LogP contribution in [0.4, 0.5) is 20.3 Å². The van der Waals surface area contributed by atoms with Gasteiger partial charge in [0.2, 0.25) is 0 Å². The standard InChI is InChI=1S/C24H24BrF2N5O2/c25-17-6-4-16(5-7-17)23(33)29-21-18(8-11-28-22(21)31-13-10-24(26,27)15-31)19-9-12-32(30-19)20-3-1-2-14-34-20/h4-9,11-12,20H,1-3,10,13-15H2,(H,29,33). The van der Waals surface area contributed by atoms with E-state index in [2.05, 4.69) is 26.2 Å². The first-order valence-corrected chi connectivity index (χ1v) is 12.0. The first kappa shape index (κ1) is 22.9. The number of amides is 1. The van der Waals surface area contributed by atoms with E-state index in [-0.39, 0.29) is 25.1 Å². The van der Waals surface area contributed by atoms with Gasteiger partial charge in [-0.05, 0) is 55.7 Å². The van der Waals surface area contributed by atoms with Gasteiger partial charge in [0.25, 0.3) is 11.8 Å². The highest BCUT2D eigenvalue weighted by molar-refractivity contribution is 9.10. The second-order valence-corrected chi connectivity index (χ2v) is 9.46. The van der Waals surface area contributed by atoms with Crippen molar-refractivity contribution in [2.75, 3.05) is 29.9 Å². The molecule has 1 N–H and O–H groups in total. The monoisotopic (exact) mass is 531 g/mol. The van der Waals surface area contributed by atoms with E-state index in [1.807, 2.05) is 12.3 Å². The number of anilines is 2. The number of rotatable bonds is 5. The van der Waals surface area contributed by atoms with Crippen LogP contribution in [0.25, 0.3) is 11.3 Å². The van der Waals surface area contributed by atoms with Crippen molar-refractivity contribution in [2.24, 2.45) is 0 Å². The smallest absolute Gasteiger partial charge is 0.266 e. The second-order valence-electron chi connectivity index (χ2n) is 8.55. The van der Waals surface area contributed by atoms with Crippen LogP contribution >= 0.6 is 15.9 Å². The minimum Gasteiger partial charge on any atom is -0.357 e. The highest BCUT2D eigenvalue weighted by atomic mass is 79.9. The average Bonchev–Trinajstić information content (AvgIpc) is 3.47. The molecule has 5 rings (SSSR count). The third-order valence-corrected chi connectivity index (χ3v) is 6.61. The molecule has 1 atom stereocenters. The van der Waals surface area contributed by atoms with Gasteiger partial charge in [-0.15, -0.1) is 0 Å². The molecule has 1 aromatic carbocycles. The van der Waals surface area contributed by atoms with E-state index in [0.717, 1.165) is 23.7 Å². The fraction of sp³-hybridized carbons (Fsp3) is 0.375. The molecule has 7 nitrogen and oxygen atoms in total. The Morgan fingerprint density at radius 3 is 2.71 bits per heavy atom. The summed E-state index contributed by atoms with van der Waals surface area (Å²) >= 11 is 3.37. The molecule has 1 amide bonds. The minimum absolute atomic E-state index is 0.137. The molecular weight excluding hydrogens is 508 g/mol. The van der Waals surface area contributed by atoms with Crippen molar-refractivity contribution in [3.8, 4) is 11.3 Å². The van der Waals surface area contributed by atoms with Crippen LogP contribution in [0.15, 0.2) is 53.3 Å². The quantitative estimate of drug-likeness (QED) is 0.470. The topological polar surface area (TPSA) is 72.3 Å². The van der Waals surface area contributed by atoms with E-state index in [9.17, 15) is 13.6 Å². The van der Waals surface area contributed by atoms with Crippen LogP contribution in [-0.2, 0) is 4.74 Å². The predicted molar refractivity (Wildman–Crippen MR) is 128 cm³/mol. The van der Waals surface area contributed by atoms with Crippen LogP contribution in [-0.4, -0.2) is 46.3 Å². The lowest BCUT2D eigenvalue weighted by molar-refractivity contribution is -0.0393. The van der Waals surface area contributed by atoms with E-state index >= 15 is 0 Å². The van der Waals surface area contributed by atoms with E-state index in [1.165, 1.54) is 4.90 Å². The molecule has 2 fully saturated rings. The van der Waals surface area contributed by atoms with Crippen LogP contribution < -0.4 is 10.2 Å². The Morgan fingerprint density at radius 1 is 1.18 bits per heavy atom. The largest absolute Gasteiger partial charge is 0.357 e. The Kier molecular flexibility index (Phi) is 6.35. The van der Waals surface area contributed by atoms with Crippen LogP contribution in [0.1, 0.15) is 42.3 Å². The molecule has 4 heterocycles. The molecule has 2 aliphatic heterocycles. The number of nitrogens with zero attached hydrogens (tertiary/aromatic N) is 4. The van der Waals surface area contributed by atoms with Crippen LogP contribution in [0.3, 0.4) is 0 Å². The SMILES string of the molecule is O=C(Nc1c(-c2ccn(C3CCCCO3)n2)ccnc1N1CCC(F)(F)C1)c1ccc(Br)cc1. The molecule has 178 valence electrons. The Labute approximate surface area is 204 Å². The van der Waals surface area contributed by atoms with E-state index < -0.39 is 12.5 Å². The van der Waals surface area contributed by atoms with Gasteiger partial charge in [0.1, 0.15) is 6.23 Å². The predicted octanol–water partition coefficient (Wildman–Crippen LogP) is 5.50. The lowest BCUT2D eigenvalue weighted by atomic mass is 10.1. The number of ether oxygens (including phenoxy) is 1. The highest BCUT2D eigenvalue weighted by Gasteiger charge is 2.40. The number of hydrogen-bond donors (Lipinski definition) is 1. The first-order chi connectivity index (χ1) is 16.4. The Morgan fingerprint density at radius 2 is 2.00 bits per heavy atom. The molecule has 2 saturated heterocycles. The Balaban J connectivity index is 1.52. The van der Waals surface area contributed by atoms with Gasteiger partial charge in [0.15, 0.2) is 5.82 Å². The fourth-order valence-corrected chi connectivity index (χ4v) is 4.57. The molecule has 1 unspecified atom stereocenters. The number of pyridine rings is 1. The van der Waals surface area contributed by atoms with Crippen molar-refractivity contribution in [1.82, 2.24) is 14.8 Å². The van der Waals surface area contributed by atoms with E-state index in [4.69, 9.17) is 9.84 Å². The van der Waals surface area contributed by atoms with Gasteiger partial charge in [-0.3, -0.25) is 4.79 Å². The van der Waals surface area contributed by atoms with Crippen molar-refractivity contribution >= 4 is 33.3 Å². The minimum atomic E-state index is -2.80. The van der Waals surface area contributed by atoms with Crippen molar-refractivity contribution in [2.45, 2.75) is 37.8 Å². The zero-order valence-corrected chi connectivity index (χ0v) is 20.0. The summed E-state index contributed by atoms with van der Waals surface area (Å²) in [5, 5.41) is 7.62. The number of benzene rings is 1. The average molecular weight is 532 g/mol. The third kappa shape index (κ3) is 4.83. The summed E-state index contributed by atoms with van der Waals surface area (Å²) in [5.41, 5.74) is 2.02. The Bertz CT molecular complexity index is 1180. The number of alkyl halides is 2. The Hall–Kier alpha value is -2.85. The molecule has 10 heteroatoms. The maximum atomic E-state index is 14.0. The molecule has 0 spiro atoms. The van der Waals surface area contributed by atoms with E-state index in [0.29, 0.717) is 34.9 Å². The molecule has 34 heavy (non-hydrogen) atoms. The van der Waals surface area contributed by atoms with Gasteiger partial charge in [0, 0.05) is 47.6 Å². The number of nitrogens with one attached hydrogen (secondary N) is 1. The third-order valence-electron chi connectivity index (χ3n) is 6.08. The number of aromatic nitrogens is 3. The van der Waals surface area contributed by atoms with Gasteiger partial charge < -0.3 is 15.0 Å². The zero-order valence-electron chi connectivity index (χ0n) is 18.4. The molecule has 0 aliphatic carbocycles. The molecule has 0 saturated carbocycles.